The average molecular weight is 213 g/mol. The molecule has 1 amide bonds. The van der Waals surface area contributed by atoms with Gasteiger partial charge in [-0.05, 0) is 6.08 Å². The molecule has 0 saturated carbocycles. The monoisotopic (exact) mass is 212 g/mol. The fourth-order valence-corrected chi connectivity index (χ4v) is 0.945. The van der Waals surface area contributed by atoms with Crippen LogP contribution in [0.15, 0.2) is 12.3 Å². The van der Waals surface area contributed by atoms with Crippen molar-refractivity contribution in [3.8, 4) is 0 Å². The summed E-state index contributed by atoms with van der Waals surface area (Å²) in [7, 11) is 0. The second kappa shape index (κ2) is 4.57. The van der Waals surface area contributed by atoms with Crippen LogP contribution in [0.4, 0.5) is 5.82 Å². The molecule has 1 rings (SSSR count). The van der Waals surface area contributed by atoms with Crippen molar-refractivity contribution in [3.63, 3.8) is 0 Å². The van der Waals surface area contributed by atoms with E-state index in [4.69, 9.17) is 23.1 Å². The van der Waals surface area contributed by atoms with Gasteiger partial charge in [0, 0.05) is 6.42 Å². The van der Waals surface area contributed by atoms with Gasteiger partial charge < -0.3 is 11.5 Å². The van der Waals surface area contributed by atoms with Crippen LogP contribution >= 0.6 is 11.6 Å². The van der Waals surface area contributed by atoms with E-state index in [2.05, 4.69) is 9.97 Å². The Morgan fingerprint density at radius 1 is 1.64 bits per heavy atom. The second-order valence-corrected chi connectivity index (χ2v) is 2.92. The molecule has 5 nitrogen and oxygen atoms in total. The van der Waals surface area contributed by atoms with E-state index in [1.165, 1.54) is 6.20 Å². The highest BCUT2D eigenvalue weighted by Gasteiger charge is 1.99. The summed E-state index contributed by atoms with van der Waals surface area (Å²) in [6.07, 6.45) is 4.66. The molecule has 0 bridgehead atoms. The van der Waals surface area contributed by atoms with E-state index in [0.717, 1.165) is 0 Å². The predicted octanol–water partition coefficient (Wildman–Crippen LogP) is 0.601. The van der Waals surface area contributed by atoms with Crippen molar-refractivity contribution >= 4 is 29.4 Å². The van der Waals surface area contributed by atoms with Gasteiger partial charge in [-0.1, -0.05) is 17.7 Å². The summed E-state index contributed by atoms with van der Waals surface area (Å²) in [6, 6.07) is 0. The van der Waals surface area contributed by atoms with Gasteiger partial charge in [-0.2, -0.15) is 0 Å². The molecule has 1 aromatic rings. The molecule has 0 unspecified atom stereocenters. The quantitative estimate of drug-likeness (QED) is 0.767. The van der Waals surface area contributed by atoms with Gasteiger partial charge in [0.25, 0.3) is 0 Å². The lowest BCUT2D eigenvalue weighted by atomic mass is 10.3. The lowest BCUT2D eigenvalue weighted by molar-refractivity contribution is -0.117. The summed E-state index contributed by atoms with van der Waals surface area (Å²) < 4.78 is 0. The fourth-order valence-electron chi connectivity index (χ4n) is 0.805. The zero-order chi connectivity index (χ0) is 10.6. The van der Waals surface area contributed by atoms with Gasteiger partial charge in [-0.3, -0.25) is 4.79 Å². The number of anilines is 1. The van der Waals surface area contributed by atoms with Gasteiger partial charge in [0.2, 0.25) is 5.91 Å². The zero-order valence-corrected chi connectivity index (χ0v) is 8.03. The number of nitrogens with two attached hydrogens (primary N) is 2. The molecule has 0 radical (unpaired) electrons. The van der Waals surface area contributed by atoms with Gasteiger partial charge in [0.05, 0.1) is 6.20 Å². The Kier molecular flexibility index (Phi) is 3.41. The number of carbonyl (C=O) groups is 1. The molecule has 0 spiro atoms. The first kappa shape index (κ1) is 10.5. The van der Waals surface area contributed by atoms with Gasteiger partial charge in [-0.25, -0.2) is 9.97 Å². The molecule has 0 aliphatic rings. The van der Waals surface area contributed by atoms with Crippen LogP contribution in [0.25, 0.3) is 6.08 Å². The van der Waals surface area contributed by atoms with Crippen LogP contribution in [-0.4, -0.2) is 15.9 Å². The number of primary amides is 1. The topological polar surface area (TPSA) is 94.9 Å². The minimum Gasteiger partial charge on any atom is -0.382 e. The minimum absolute atomic E-state index is 0.143. The Balaban J connectivity index is 2.76. The number of halogens is 1. The summed E-state index contributed by atoms with van der Waals surface area (Å²) in [5.41, 5.74) is 10.9. The summed E-state index contributed by atoms with van der Waals surface area (Å²) in [5, 5.41) is 0.231. The summed E-state index contributed by atoms with van der Waals surface area (Å²) in [5.74, 6) is -0.194. The van der Waals surface area contributed by atoms with Crippen molar-refractivity contribution in [2.24, 2.45) is 5.73 Å². The smallest absolute Gasteiger partial charge is 0.221 e. The molecule has 0 aliphatic heterocycles. The Morgan fingerprint density at radius 3 is 2.93 bits per heavy atom. The number of hydrogen-bond donors (Lipinski definition) is 2. The molecule has 4 N–H and O–H groups in total. The molecule has 0 aromatic carbocycles. The molecule has 1 aromatic heterocycles. The first-order valence-electron chi connectivity index (χ1n) is 3.82. The maximum atomic E-state index is 10.4. The highest BCUT2D eigenvalue weighted by molar-refractivity contribution is 6.29. The Hall–Kier alpha value is -1.62. The number of carbonyl (C=O) groups excluding carboxylic acids is 1. The summed E-state index contributed by atoms with van der Waals surface area (Å²) in [4.78, 5) is 18.1. The van der Waals surface area contributed by atoms with E-state index in [1.807, 2.05) is 0 Å². The first-order valence-corrected chi connectivity index (χ1v) is 4.20. The highest BCUT2D eigenvalue weighted by atomic mass is 35.5. The van der Waals surface area contributed by atoms with Crippen LogP contribution in [0.1, 0.15) is 12.1 Å². The van der Waals surface area contributed by atoms with Crippen LogP contribution in [0.5, 0.6) is 0 Å². The normalized spacial score (nSPS) is 10.6. The van der Waals surface area contributed by atoms with Crippen molar-refractivity contribution in [2.75, 3.05) is 5.73 Å². The molecular weight excluding hydrogens is 204 g/mol. The highest BCUT2D eigenvalue weighted by Crippen LogP contribution is 2.11. The first-order chi connectivity index (χ1) is 6.59. The Bertz CT molecular complexity index is 378. The fraction of sp³-hybridized carbons (Fsp3) is 0.125. The molecule has 0 fully saturated rings. The SMILES string of the molecule is NC(=O)CC=Cc1ncc(Cl)nc1N. The maximum absolute atomic E-state index is 10.4. The predicted molar refractivity (Wildman–Crippen MR) is 54.3 cm³/mol. The molecule has 0 aliphatic carbocycles. The Morgan fingerprint density at radius 2 is 2.36 bits per heavy atom. The lowest BCUT2D eigenvalue weighted by Crippen LogP contribution is -2.08. The molecule has 6 heteroatoms. The summed E-state index contributed by atoms with van der Waals surface area (Å²) in [6.45, 7) is 0. The van der Waals surface area contributed by atoms with Crippen LogP contribution in [0, 0.1) is 0 Å². The molecular formula is C8H9ClN4O. The van der Waals surface area contributed by atoms with Crippen molar-refractivity contribution < 1.29 is 4.79 Å². The third kappa shape index (κ3) is 3.02. The largest absolute Gasteiger partial charge is 0.382 e. The standard InChI is InChI=1S/C8H9ClN4O/c9-6-4-12-5(8(11)13-6)2-1-3-7(10)14/h1-2,4H,3H2,(H2,10,14)(H2,11,13). The number of rotatable bonds is 3. The number of hydrogen-bond acceptors (Lipinski definition) is 4. The van der Waals surface area contributed by atoms with E-state index in [0.29, 0.717) is 5.69 Å². The van der Waals surface area contributed by atoms with Crippen molar-refractivity contribution in [2.45, 2.75) is 6.42 Å². The van der Waals surface area contributed by atoms with Crippen LogP contribution in [0.3, 0.4) is 0 Å². The van der Waals surface area contributed by atoms with Crippen LogP contribution in [0.2, 0.25) is 5.15 Å². The molecule has 74 valence electrons. The van der Waals surface area contributed by atoms with E-state index >= 15 is 0 Å². The number of aromatic nitrogens is 2. The third-order valence-electron chi connectivity index (χ3n) is 1.39. The zero-order valence-electron chi connectivity index (χ0n) is 7.27. The van der Waals surface area contributed by atoms with Crippen LogP contribution in [-0.2, 0) is 4.79 Å². The van der Waals surface area contributed by atoms with Gasteiger partial charge in [0.1, 0.15) is 10.8 Å². The number of nitrogen functional groups attached to an aromatic ring is 1. The molecule has 0 atom stereocenters. The van der Waals surface area contributed by atoms with Crippen molar-refractivity contribution in [1.29, 1.82) is 0 Å². The molecule has 0 saturated heterocycles. The molecule has 1 heterocycles. The minimum atomic E-state index is -0.415. The van der Waals surface area contributed by atoms with E-state index in [-0.39, 0.29) is 17.4 Å². The van der Waals surface area contributed by atoms with Gasteiger partial charge in [0.15, 0.2) is 5.82 Å². The van der Waals surface area contributed by atoms with Gasteiger partial charge in [-0.15, -0.1) is 0 Å². The van der Waals surface area contributed by atoms with Crippen molar-refractivity contribution in [1.82, 2.24) is 9.97 Å². The van der Waals surface area contributed by atoms with Crippen LogP contribution < -0.4 is 11.5 Å². The maximum Gasteiger partial charge on any atom is 0.221 e. The van der Waals surface area contributed by atoms with E-state index in [1.54, 1.807) is 12.2 Å². The lowest BCUT2D eigenvalue weighted by Gasteiger charge is -1.97. The Labute approximate surface area is 85.8 Å². The second-order valence-electron chi connectivity index (χ2n) is 2.54. The molecule has 14 heavy (non-hydrogen) atoms. The number of amides is 1. The van der Waals surface area contributed by atoms with Crippen molar-refractivity contribution in [3.05, 3.63) is 23.1 Å². The average Bonchev–Trinajstić information content (AvgIpc) is 2.08. The van der Waals surface area contributed by atoms with Gasteiger partial charge >= 0.3 is 0 Å². The third-order valence-corrected chi connectivity index (χ3v) is 1.58. The van der Waals surface area contributed by atoms with E-state index in [9.17, 15) is 4.79 Å². The van der Waals surface area contributed by atoms with E-state index < -0.39 is 5.91 Å². The summed E-state index contributed by atoms with van der Waals surface area (Å²) >= 11 is 5.55. The number of nitrogens with zero attached hydrogens (tertiary/aromatic N) is 2.